The van der Waals surface area contributed by atoms with Crippen molar-refractivity contribution in [2.75, 3.05) is 0 Å². The Hall–Kier alpha value is -0.0800. The standard InChI is InChI=1S/C17H31NO/c18-16(9-4-2-1-3-5-10-16)14-15-8-13-17(19-15)11-6-7-12-17/h15H,1-14,18H2. The maximum Gasteiger partial charge on any atom is 0.0687 e. The Morgan fingerprint density at radius 2 is 1.37 bits per heavy atom. The van der Waals surface area contributed by atoms with Gasteiger partial charge in [-0.1, -0.05) is 44.9 Å². The van der Waals surface area contributed by atoms with Gasteiger partial charge in [-0.25, -0.2) is 0 Å². The molecule has 2 aliphatic carbocycles. The van der Waals surface area contributed by atoms with Gasteiger partial charge < -0.3 is 10.5 Å². The Morgan fingerprint density at radius 3 is 2.05 bits per heavy atom. The van der Waals surface area contributed by atoms with Gasteiger partial charge in [0, 0.05) is 5.54 Å². The molecule has 0 radical (unpaired) electrons. The van der Waals surface area contributed by atoms with Crippen molar-refractivity contribution < 1.29 is 4.74 Å². The molecule has 2 heteroatoms. The van der Waals surface area contributed by atoms with Crippen molar-refractivity contribution in [2.45, 2.75) is 107 Å². The van der Waals surface area contributed by atoms with Crippen molar-refractivity contribution in [3.63, 3.8) is 0 Å². The zero-order valence-electron chi connectivity index (χ0n) is 12.5. The fourth-order valence-electron chi connectivity index (χ4n) is 4.69. The minimum Gasteiger partial charge on any atom is -0.372 e. The first-order valence-electron chi connectivity index (χ1n) is 8.67. The summed E-state index contributed by atoms with van der Waals surface area (Å²) in [6, 6.07) is 0. The van der Waals surface area contributed by atoms with Gasteiger partial charge in [0.1, 0.15) is 0 Å². The molecule has 3 aliphatic rings. The third kappa shape index (κ3) is 3.33. The van der Waals surface area contributed by atoms with Crippen LogP contribution >= 0.6 is 0 Å². The molecule has 1 atom stereocenters. The molecule has 1 aliphatic heterocycles. The van der Waals surface area contributed by atoms with Crippen LogP contribution in [0.4, 0.5) is 0 Å². The van der Waals surface area contributed by atoms with Crippen LogP contribution in [0.2, 0.25) is 0 Å². The highest BCUT2D eigenvalue weighted by molar-refractivity contribution is 4.96. The van der Waals surface area contributed by atoms with E-state index in [0.717, 1.165) is 6.42 Å². The second kappa shape index (κ2) is 5.73. The SMILES string of the molecule is NC1(CC2CCC3(CCCC3)O2)CCCCCCC1. The van der Waals surface area contributed by atoms with Gasteiger partial charge in [-0.3, -0.25) is 0 Å². The minimum absolute atomic E-state index is 0.0786. The second-order valence-electron chi connectivity index (χ2n) is 7.50. The lowest BCUT2D eigenvalue weighted by molar-refractivity contribution is -0.0475. The van der Waals surface area contributed by atoms with E-state index in [-0.39, 0.29) is 11.1 Å². The van der Waals surface area contributed by atoms with E-state index in [4.69, 9.17) is 10.5 Å². The zero-order chi connectivity index (χ0) is 13.2. The summed E-state index contributed by atoms with van der Waals surface area (Å²) in [6.45, 7) is 0. The first-order valence-corrected chi connectivity index (χ1v) is 8.67. The lowest BCUT2D eigenvalue weighted by atomic mass is 9.80. The fraction of sp³-hybridized carbons (Fsp3) is 1.00. The molecule has 110 valence electrons. The molecule has 0 amide bonds. The van der Waals surface area contributed by atoms with Crippen LogP contribution in [-0.2, 0) is 4.74 Å². The van der Waals surface area contributed by atoms with Crippen molar-refractivity contribution in [3.05, 3.63) is 0 Å². The average molecular weight is 265 g/mol. The number of hydrogen-bond donors (Lipinski definition) is 1. The normalized spacial score (nSPS) is 34.3. The minimum atomic E-state index is 0.0786. The molecule has 1 unspecified atom stereocenters. The fourth-order valence-corrected chi connectivity index (χ4v) is 4.69. The van der Waals surface area contributed by atoms with E-state index >= 15 is 0 Å². The van der Waals surface area contributed by atoms with E-state index in [1.807, 2.05) is 0 Å². The summed E-state index contributed by atoms with van der Waals surface area (Å²) in [5.74, 6) is 0. The third-order valence-corrected chi connectivity index (χ3v) is 5.84. The number of nitrogens with two attached hydrogens (primary N) is 1. The van der Waals surface area contributed by atoms with Crippen LogP contribution in [0.25, 0.3) is 0 Å². The van der Waals surface area contributed by atoms with Crippen LogP contribution in [0.3, 0.4) is 0 Å². The van der Waals surface area contributed by atoms with Crippen LogP contribution in [0.15, 0.2) is 0 Å². The predicted octanol–water partition coefficient (Wildman–Crippen LogP) is 4.31. The quantitative estimate of drug-likeness (QED) is 0.807. The Bertz CT molecular complexity index is 288. The molecule has 2 nitrogen and oxygen atoms in total. The van der Waals surface area contributed by atoms with Crippen LogP contribution < -0.4 is 5.73 Å². The van der Waals surface area contributed by atoms with Gasteiger partial charge in [0.15, 0.2) is 0 Å². The topological polar surface area (TPSA) is 35.2 Å². The zero-order valence-corrected chi connectivity index (χ0v) is 12.5. The lowest BCUT2D eigenvalue weighted by Gasteiger charge is -2.34. The Balaban J connectivity index is 1.55. The Kier molecular flexibility index (Phi) is 4.19. The third-order valence-electron chi connectivity index (χ3n) is 5.84. The molecule has 1 saturated heterocycles. The van der Waals surface area contributed by atoms with Gasteiger partial charge >= 0.3 is 0 Å². The smallest absolute Gasteiger partial charge is 0.0687 e. The van der Waals surface area contributed by atoms with Gasteiger partial charge in [0.2, 0.25) is 0 Å². The van der Waals surface area contributed by atoms with Gasteiger partial charge in [-0.2, -0.15) is 0 Å². The lowest BCUT2D eigenvalue weighted by Crippen LogP contribution is -2.43. The average Bonchev–Trinajstić information content (AvgIpc) is 2.96. The summed E-state index contributed by atoms with van der Waals surface area (Å²) in [6.07, 6.45) is 18.8. The maximum absolute atomic E-state index is 6.72. The highest BCUT2D eigenvalue weighted by Crippen LogP contribution is 2.45. The van der Waals surface area contributed by atoms with Crippen molar-refractivity contribution in [1.82, 2.24) is 0 Å². The summed E-state index contributed by atoms with van der Waals surface area (Å²) in [5, 5.41) is 0. The molecule has 3 rings (SSSR count). The summed E-state index contributed by atoms with van der Waals surface area (Å²) < 4.78 is 6.47. The van der Waals surface area contributed by atoms with Gasteiger partial charge in [0.25, 0.3) is 0 Å². The van der Waals surface area contributed by atoms with Crippen LogP contribution in [0.5, 0.6) is 0 Å². The molecule has 0 aromatic carbocycles. The summed E-state index contributed by atoms with van der Waals surface area (Å²) in [4.78, 5) is 0. The molecule has 3 fully saturated rings. The number of hydrogen-bond acceptors (Lipinski definition) is 2. The highest BCUT2D eigenvalue weighted by atomic mass is 16.5. The van der Waals surface area contributed by atoms with Crippen LogP contribution in [0, 0.1) is 0 Å². The number of rotatable bonds is 2. The molecule has 2 N–H and O–H groups in total. The first-order chi connectivity index (χ1) is 9.20. The summed E-state index contributed by atoms with van der Waals surface area (Å²) >= 11 is 0. The van der Waals surface area contributed by atoms with Gasteiger partial charge in [-0.15, -0.1) is 0 Å². The highest BCUT2D eigenvalue weighted by Gasteiger charge is 2.44. The van der Waals surface area contributed by atoms with Gasteiger partial charge in [0.05, 0.1) is 11.7 Å². The molecule has 0 aromatic heterocycles. The van der Waals surface area contributed by atoms with Crippen molar-refractivity contribution in [2.24, 2.45) is 5.73 Å². The molecule has 1 spiro atoms. The van der Waals surface area contributed by atoms with E-state index in [0.29, 0.717) is 6.10 Å². The molecule has 19 heavy (non-hydrogen) atoms. The maximum atomic E-state index is 6.72. The largest absolute Gasteiger partial charge is 0.372 e. The Morgan fingerprint density at radius 1 is 0.789 bits per heavy atom. The first kappa shape index (κ1) is 13.9. The van der Waals surface area contributed by atoms with E-state index < -0.39 is 0 Å². The van der Waals surface area contributed by atoms with Crippen molar-refractivity contribution in [1.29, 1.82) is 0 Å². The molecule has 1 heterocycles. The molecular weight excluding hydrogens is 234 g/mol. The van der Waals surface area contributed by atoms with E-state index in [1.54, 1.807) is 0 Å². The second-order valence-corrected chi connectivity index (χ2v) is 7.50. The van der Waals surface area contributed by atoms with E-state index in [2.05, 4.69) is 0 Å². The summed E-state index contributed by atoms with van der Waals surface area (Å²) in [7, 11) is 0. The van der Waals surface area contributed by atoms with Crippen LogP contribution in [-0.4, -0.2) is 17.2 Å². The molecule has 0 bridgehead atoms. The predicted molar refractivity (Wildman–Crippen MR) is 79.2 cm³/mol. The van der Waals surface area contributed by atoms with E-state index in [9.17, 15) is 0 Å². The summed E-state index contributed by atoms with van der Waals surface area (Å²) in [5.41, 5.74) is 7.07. The molecule has 0 aromatic rings. The van der Waals surface area contributed by atoms with E-state index in [1.165, 1.54) is 83.5 Å². The van der Waals surface area contributed by atoms with Crippen molar-refractivity contribution in [3.8, 4) is 0 Å². The number of ether oxygens (including phenoxy) is 1. The van der Waals surface area contributed by atoms with Gasteiger partial charge in [-0.05, 0) is 44.9 Å². The molecule has 2 saturated carbocycles. The Labute approximate surface area is 118 Å². The van der Waals surface area contributed by atoms with Crippen LogP contribution in [0.1, 0.15) is 89.9 Å². The molecular formula is C17H31NO. The monoisotopic (exact) mass is 265 g/mol. The van der Waals surface area contributed by atoms with Crippen molar-refractivity contribution >= 4 is 0 Å².